The number of phosphoric ester groups is 1. The lowest BCUT2D eigenvalue weighted by atomic mass is 10.1. The monoisotopic (exact) mass is 673 g/mol. The van der Waals surface area contributed by atoms with Gasteiger partial charge in [-0.25, -0.2) is 4.57 Å². The molecule has 0 aromatic carbocycles. The summed E-state index contributed by atoms with van der Waals surface area (Å²) in [7, 11) is -4.33. The van der Waals surface area contributed by atoms with E-state index in [0.717, 1.165) is 51.4 Å². The minimum Gasteiger partial charge on any atom is -0.387 e. The highest BCUT2D eigenvalue weighted by Crippen LogP contribution is 2.43. The summed E-state index contributed by atoms with van der Waals surface area (Å²) in [6.07, 6.45) is 36.5. The minimum absolute atomic E-state index is 0.0777. The van der Waals surface area contributed by atoms with Crippen LogP contribution in [0.2, 0.25) is 0 Å². The van der Waals surface area contributed by atoms with Crippen LogP contribution in [0.1, 0.15) is 174 Å². The van der Waals surface area contributed by atoms with Crippen molar-refractivity contribution >= 4 is 13.7 Å². The number of aliphatic hydroxyl groups excluding tert-OH is 1. The number of carbonyl (C=O) groups is 1. The number of rotatable bonds is 35. The van der Waals surface area contributed by atoms with Crippen LogP contribution in [0, 0.1) is 0 Å². The van der Waals surface area contributed by atoms with Gasteiger partial charge in [-0.3, -0.25) is 13.8 Å². The average Bonchev–Trinajstić information content (AvgIpc) is 3.04. The van der Waals surface area contributed by atoms with E-state index in [2.05, 4.69) is 31.3 Å². The van der Waals surface area contributed by atoms with Gasteiger partial charge in [0.05, 0.1) is 25.4 Å². The summed E-state index contributed by atoms with van der Waals surface area (Å²) in [5.74, 6) is -0.205. The van der Waals surface area contributed by atoms with Crippen LogP contribution in [0.15, 0.2) is 24.3 Å². The Labute approximate surface area is 283 Å². The molecule has 0 aromatic rings. The molecule has 1 amide bonds. The highest BCUT2D eigenvalue weighted by molar-refractivity contribution is 7.47. The first-order chi connectivity index (χ1) is 22.4. The maximum atomic E-state index is 12.7. The lowest BCUT2D eigenvalue weighted by Crippen LogP contribution is -2.45. The number of hydrogen-bond donors (Lipinski definition) is 4. The van der Waals surface area contributed by atoms with Crippen LogP contribution in [0.25, 0.3) is 0 Å². The molecule has 0 aliphatic carbocycles. The zero-order valence-corrected chi connectivity index (χ0v) is 30.7. The molecule has 0 aromatic heterocycles. The number of carbonyl (C=O) groups excluding carboxylic acids is 1. The van der Waals surface area contributed by atoms with Gasteiger partial charge >= 0.3 is 7.82 Å². The number of unbranched alkanes of at least 4 members (excludes halogenated alkanes) is 21. The number of phosphoric acid groups is 1. The first kappa shape index (κ1) is 45.0. The van der Waals surface area contributed by atoms with E-state index in [1.807, 2.05) is 6.08 Å². The molecule has 0 spiro atoms. The standard InChI is InChI=1S/C37H73N2O6P/c1-3-5-7-9-11-13-15-16-17-18-19-21-23-25-27-29-31-37(41)39-35(34-45-46(42,43)44-33-32-38)36(40)30-28-26-24-22-20-14-12-10-8-6-4-2/h17-18,28,30,35-36,40H,3-16,19-27,29,31-34,38H2,1-2H3,(H,39,41)(H,42,43)/b18-17-,30-28+. The van der Waals surface area contributed by atoms with E-state index in [1.54, 1.807) is 6.08 Å². The molecule has 3 unspecified atom stereocenters. The van der Waals surface area contributed by atoms with Crippen molar-refractivity contribution in [3.05, 3.63) is 24.3 Å². The van der Waals surface area contributed by atoms with Crippen LogP contribution >= 0.6 is 7.82 Å². The molecule has 0 saturated heterocycles. The van der Waals surface area contributed by atoms with Crippen LogP contribution in [-0.4, -0.2) is 47.8 Å². The molecule has 0 fully saturated rings. The fraction of sp³-hybridized carbons (Fsp3) is 0.865. The first-order valence-corrected chi connectivity index (χ1v) is 20.5. The van der Waals surface area contributed by atoms with Crippen molar-refractivity contribution in [2.45, 2.75) is 187 Å². The number of nitrogens with two attached hydrogens (primary N) is 1. The van der Waals surface area contributed by atoms with Crippen LogP contribution in [0.3, 0.4) is 0 Å². The average molecular weight is 673 g/mol. The van der Waals surface area contributed by atoms with Crippen molar-refractivity contribution in [2.75, 3.05) is 19.8 Å². The fourth-order valence-corrected chi connectivity index (χ4v) is 6.12. The largest absolute Gasteiger partial charge is 0.472 e. The van der Waals surface area contributed by atoms with Gasteiger partial charge in [0.15, 0.2) is 0 Å². The third-order valence-corrected chi connectivity index (χ3v) is 9.26. The zero-order valence-electron chi connectivity index (χ0n) is 29.8. The molecular weight excluding hydrogens is 599 g/mol. The minimum atomic E-state index is -4.33. The molecule has 272 valence electrons. The molecule has 8 nitrogen and oxygen atoms in total. The van der Waals surface area contributed by atoms with E-state index in [1.165, 1.54) is 103 Å². The third-order valence-electron chi connectivity index (χ3n) is 8.27. The lowest BCUT2D eigenvalue weighted by molar-refractivity contribution is -0.123. The Morgan fingerprint density at radius 2 is 1.13 bits per heavy atom. The van der Waals surface area contributed by atoms with Crippen LogP contribution in [-0.2, 0) is 18.4 Å². The van der Waals surface area contributed by atoms with E-state index >= 15 is 0 Å². The van der Waals surface area contributed by atoms with E-state index in [4.69, 9.17) is 14.8 Å². The number of allylic oxidation sites excluding steroid dienone is 3. The van der Waals surface area contributed by atoms with Crippen molar-refractivity contribution in [3.8, 4) is 0 Å². The van der Waals surface area contributed by atoms with Gasteiger partial charge in [0.2, 0.25) is 5.91 Å². The normalized spacial score (nSPS) is 14.6. The molecule has 0 radical (unpaired) electrons. The SMILES string of the molecule is CCCCCCCCC/C=C\CCCCCCCC(=O)NC(COP(=O)(O)OCCN)C(O)/C=C/CCCCCCCCCCC. The second-order valence-electron chi connectivity index (χ2n) is 12.8. The van der Waals surface area contributed by atoms with E-state index < -0.39 is 20.0 Å². The number of aliphatic hydroxyl groups is 1. The summed E-state index contributed by atoms with van der Waals surface area (Å²) in [6.45, 7) is 4.10. The lowest BCUT2D eigenvalue weighted by Gasteiger charge is -2.23. The van der Waals surface area contributed by atoms with E-state index in [-0.39, 0.29) is 25.7 Å². The van der Waals surface area contributed by atoms with Gasteiger partial charge in [-0.15, -0.1) is 0 Å². The predicted molar refractivity (Wildman–Crippen MR) is 194 cm³/mol. The first-order valence-electron chi connectivity index (χ1n) is 19.0. The van der Waals surface area contributed by atoms with Crippen molar-refractivity contribution in [1.82, 2.24) is 5.32 Å². The molecule has 5 N–H and O–H groups in total. The molecular formula is C37H73N2O6P. The Morgan fingerprint density at radius 1 is 0.696 bits per heavy atom. The third kappa shape index (κ3) is 31.6. The number of amides is 1. The fourth-order valence-electron chi connectivity index (χ4n) is 5.36. The second-order valence-corrected chi connectivity index (χ2v) is 14.2. The number of nitrogens with one attached hydrogen (secondary N) is 1. The quantitative estimate of drug-likeness (QED) is 0.0299. The van der Waals surface area contributed by atoms with Gasteiger partial charge in [0.25, 0.3) is 0 Å². The summed E-state index contributed by atoms with van der Waals surface area (Å²) < 4.78 is 22.0. The van der Waals surface area contributed by atoms with Crippen LogP contribution < -0.4 is 11.1 Å². The highest BCUT2D eigenvalue weighted by atomic mass is 31.2. The molecule has 0 aliphatic heterocycles. The molecule has 0 aliphatic rings. The zero-order chi connectivity index (χ0) is 34.0. The molecule has 0 saturated carbocycles. The number of hydrogen-bond acceptors (Lipinski definition) is 6. The van der Waals surface area contributed by atoms with Crippen molar-refractivity contribution in [2.24, 2.45) is 5.73 Å². The second kappa shape index (κ2) is 33.9. The Bertz CT molecular complexity index is 779. The highest BCUT2D eigenvalue weighted by Gasteiger charge is 2.26. The van der Waals surface area contributed by atoms with Crippen molar-refractivity contribution in [3.63, 3.8) is 0 Å². The Hall–Kier alpha value is -1.02. The van der Waals surface area contributed by atoms with Gasteiger partial charge < -0.3 is 21.1 Å². The van der Waals surface area contributed by atoms with Crippen LogP contribution in [0.5, 0.6) is 0 Å². The van der Waals surface area contributed by atoms with E-state index in [0.29, 0.717) is 6.42 Å². The molecule has 3 atom stereocenters. The molecule has 9 heteroatoms. The van der Waals surface area contributed by atoms with E-state index in [9.17, 15) is 19.4 Å². The molecule has 0 heterocycles. The van der Waals surface area contributed by atoms with Gasteiger partial charge in [-0.1, -0.05) is 147 Å². The topological polar surface area (TPSA) is 131 Å². The van der Waals surface area contributed by atoms with Gasteiger partial charge in [0, 0.05) is 13.0 Å². The van der Waals surface area contributed by atoms with Crippen molar-refractivity contribution < 1.29 is 28.4 Å². The molecule has 46 heavy (non-hydrogen) atoms. The van der Waals surface area contributed by atoms with Gasteiger partial charge in [0.1, 0.15) is 0 Å². The predicted octanol–water partition coefficient (Wildman–Crippen LogP) is 9.83. The Morgan fingerprint density at radius 3 is 1.61 bits per heavy atom. The molecule has 0 bridgehead atoms. The Balaban J connectivity index is 4.30. The molecule has 0 rings (SSSR count). The smallest absolute Gasteiger partial charge is 0.387 e. The van der Waals surface area contributed by atoms with Crippen LogP contribution in [0.4, 0.5) is 0 Å². The van der Waals surface area contributed by atoms with Gasteiger partial charge in [-0.2, -0.15) is 0 Å². The van der Waals surface area contributed by atoms with Gasteiger partial charge in [-0.05, 0) is 44.9 Å². The van der Waals surface area contributed by atoms with Crippen molar-refractivity contribution in [1.29, 1.82) is 0 Å². The summed E-state index contributed by atoms with van der Waals surface area (Å²) in [5, 5.41) is 13.6. The summed E-state index contributed by atoms with van der Waals surface area (Å²) in [4.78, 5) is 22.6. The summed E-state index contributed by atoms with van der Waals surface area (Å²) >= 11 is 0. The summed E-state index contributed by atoms with van der Waals surface area (Å²) in [6, 6.07) is -0.860. The summed E-state index contributed by atoms with van der Waals surface area (Å²) in [5.41, 5.74) is 5.35. The maximum Gasteiger partial charge on any atom is 0.472 e. The Kier molecular flexibility index (Phi) is 33.1. The maximum absolute atomic E-state index is 12.7.